The molecule has 29 heavy (non-hydrogen) atoms. The quantitative estimate of drug-likeness (QED) is 0.365. The Hall–Kier alpha value is -3.57. The van der Waals surface area contributed by atoms with E-state index in [-0.39, 0.29) is 5.56 Å². The normalized spacial score (nSPS) is 11.4. The highest BCUT2D eigenvalue weighted by atomic mass is 35.5. The second kappa shape index (κ2) is 8.20. The number of nitrogens with one attached hydrogen (secondary N) is 2. The maximum atomic E-state index is 13.3. The molecule has 2 N–H and O–H groups in total. The first-order chi connectivity index (χ1) is 14.1. The number of H-pyrrole nitrogens is 1. The molecule has 0 fully saturated rings. The predicted octanol–water partition coefficient (Wildman–Crippen LogP) is 4.99. The molecule has 0 aliphatic carbocycles. The zero-order valence-corrected chi connectivity index (χ0v) is 16.5. The zero-order chi connectivity index (χ0) is 20.2. The first kappa shape index (κ1) is 18.8. The Kier molecular flexibility index (Phi) is 5.31. The second-order valence-electron chi connectivity index (χ2n) is 6.53. The van der Waals surface area contributed by atoms with Gasteiger partial charge in [-0.1, -0.05) is 60.1 Å². The van der Waals surface area contributed by atoms with Crippen LogP contribution in [0.15, 0.2) is 94.8 Å². The summed E-state index contributed by atoms with van der Waals surface area (Å²) in [7, 11) is 0. The Morgan fingerprint density at radius 3 is 2.21 bits per heavy atom. The van der Waals surface area contributed by atoms with E-state index in [4.69, 9.17) is 11.6 Å². The number of hydrogen-bond donors (Lipinski definition) is 2. The molecule has 1 aromatic heterocycles. The van der Waals surface area contributed by atoms with Crippen LogP contribution in [0.1, 0.15) is 16.8 Å². The summed E-state index contributed by atoms with van der Waals surface area (Å²) < 4.78 is 1.53. The van der Waals surface area contributed by atoms with Gasteiger partial charge in [0.05, 0.1) is 16.9 Å². The van der Waals surface area contributed by atoms with Gasteiger partial charge in [0.2, 0.25) is 0 Å². The van der Waals surface area contributed by atoms with Gasteiger partial charge in [-0.2, -0.15) is 5.10 Å². The maximum absolute atomic E-state index is 13.3. The van der Waals surface area contributed by atoms with Crippen LogP contribution in [0.25, 0.3) is 5.69 Å². The van der Waals surface area contributed by atoms with Crippen molar-refractivity contribution in [3.8, 4) is 5.69 Å². The number of para-hydroxylation sites is 1. The van der Waals surface area contributed by atoms with E-state index < -0.39 is 0 Å². The molecule has 0 saturated carbocycles. The molecule has 1 heterocycles. The molecule has 0 aliphatic rings. The summed E-state index contributed by atoms with van der Waals surface area (Å²) >= 11 is 5.96. The van der Waals surface area contributed by atoms with Crippen molar-refractivity contribution in [3.05, 3.63) is 117 Å². The van der Waals surface area contributed by atoms with Crippen molar-refractivity contribution in [1.82, 2.24) is 9.78 Å². The van der Waals surface area contributed by atoms with Crippen LogP contribution in [-0.2, 0) is 0 Å². The first-order valence-corrected chi connectivity index (χ1v) is 9.53. The summed E-state index contributed by atoms with van der Waals surface area (Å²) in [6.45, 7) is 1.87. The molecule has 3 aromatic carbocycles. The molecule has 0 spiro atoms. The molecular weight excluding hydrogens is 384 g/mol. The number of halogens is 1. The molecule has 0 radical (unpaired) electrons. The largest absolute Gasteiger partial charge is 0.295 e. The van der Waals surface area contributed by atoms with Crippen molar-refractivity contribution in [3.63, 3.8) is 0 Å². The standard InChI is InChI=1S/C23H19ClN4O/c1-16-21(23(29)28(27-16)20-10-6-3-7-11-20)22(17-8-4-2-5-9-17)26-25-19-14-12-18(24)13-15-19/h2-15,25,27H,1H3/b26-22-. The Balaban J connectivity index is 1.82. The fraction of sp³-hybridized carbons (Fsp3) is 0.0435. The van der Waals surface area contributed by atoms with Crippen molar-refractivity contribution < 1.29 is 0 Å². The second-order valence-corrected chi connectivity index (χ2v) is 6.97. The van der Waals surface area contributed by atoms with E-state index in [0.717, 1.165) is 22.6 Å². The number of aryl methyl sites for hydroxylation is 1. The lowest BCUT2D eigenvalue weighted by Crippen LogP contribution is -2.22. The Morgan fingerprint density at radius 1 is 0.931 bits per heavy atom. The molecule has 4 rings (SSSR count). The summed E-state index contributed by atoms with van der Waals surface area (Å²) in [5.74, 6) is 0. The monoisotopic (exact) mass is 402 g/mol. The van der Waals surface area contributed by atoms with E-state index in [2.05, 4.69) is 15.6 Å². The molecule has 4 aromatic rings. The van der Waals surface area contributed by atoms with Crippen LogP contribution in [-0.4, -0.2) is 15.5 Å². The Bertz CT molecular complexity index is 1190. The number of benzene rings is 3. The fourth-order valence-corrected chi connectivity index (χ4v) is 3.22. The fourth-order valence-electron chi connectivity index (χ4n) is 3.09. The summed E-state index contributed by atoms with van der Waals surface area (Å²) in [6, 6.07) is 26.3. The highest BCUT2D eigenvalue weighted by molar-refractivity contribution is 6.30. The van der Waals surface area contributed by atoms with Crippen molar-refractivity contribution >= 4 is 23.0 Å². The molecule has 0 aliphatic heterocycles. The van der Waals surface area contributed by atoms with Gasteiger partial charge in [0.15, 0.2) is 0 Å². The number of aromatic amines is 1. The highest BCUT2D eigenvalue weighted by Crippen LogP contribution is 2.16. The van der Waals surface area contributed by atoms with Gasteiger partial charge in [0, 0.05) is 16.3 Å². The molecule has 0 unspecified atom stereocenters. The Morgan fingerprint density at radius 2 is 1.55 bits per heavy atom. The highest BCUT2D eigenvalue weighted by Gasteiger charge is 2.19. The smallest absolute Gasteiger partial charge is 0.281 e. The van der Waals surface area contributed by atoms with Gasteiger partial charge in [-0.25, -0.2) is 4.68 Å². The van der Waals surface area contributed by atoms with Gasteiger partial charge < -0.3 is 0 Å². The number of rotatable bonds is 5. The van der Waals surface area contributed by atoms with Crippen LogP contribution in [0.4, 0.5) is 5.69 Å². The predicted molar refractivity (Wildman–Crippen MR) is 118 cm³/mol. The van der Waals surface area contributed by atoms with Crippen LogP contribution >= 0.6 is 11.6 Å². The SMILES string of the molecule is Cc1[nH]n(-c2ccccc2)c(=O)c1/C(=N\Nc1ccc(Cl)cc1)c1ccccc1. The van der Waals surface area contributed by atoms with Crippen molar-refractivity contribution in [2.24, 2.45) is 5.10 Å². The van der Waals surface area contributed by atoms with Crippen LogP contribution in [0, 0.1) is 6.92 Å². The van der Waals surface area contributed by atoms with E-state index in [0.29, 0.717) is 16.3 Å². The van der Waals surface area contributed by atoms with Crippen molar-refractivity contribution in [1.29, 1.82) is 0 Å². The van der Waals surface area contributed by atoms with E-state index in [9.17, 15) is 4.79 Å². The Labute approximate surface area is 173 Å². The summed E-state index contributed by atoms with van der Waals surface area (Å²) in [5, 5.41) is 8.39. The van der Waals surface area contributed by atoms with Crippen LogP contribution < -0.4 is 11.0 Å². The minimum atomic E-state index is -0.158. The van der Waals surface area contributed by atoms with Crippen molar-refractivity contribution in [2.75, 3.05) is 5.43 Å². The van der Waals surface area contributed by atoms with Crippen LogP contribution in [0.3, 0.4) is 0 Å². The number of hydrogen-bond acceptors (Lipinski definition) is 3. The van der Waals surface area contributed by atoms with Crippen LogP contribution in [0.2, 0.25) is 5.02 Å². The molecule has 0 amide bonds. The molecule has 144 valence electrons. The van der Waals surface area contributed by atoms with E-state index in [1.54, 1.807) is 12.1 Å². The van der Waals surface area contributed by atoms with Gasteiger partial charge >= 0.3 is 0 Å². The lowest BCUT2D eigenvalue weighted by atomic mass is 10.0. The molecule has 0 atom stereocenters. The summed E-state index contributed by atoms with van der Waals surface area (Å²) in [4.78, 5) is 13.3. The lowest BCUT2D eigenvalue weighted by molar-refractivity contribution is 0.835. The topological polar surface area (TPSA) is 62.2 Å². The minimum absolute atomic E-state index is 0.158. The van der Waals surface area contributed by atoms with E-state index in [1.807, 2.05) is 79.7 Å². The van der Waals surface area contributed by atoms with Gasteiger partial charge in [-0.05, 0) is 43.3 Å². The number of aromatic nitrogens is 2. The third kappa shape index (κ3) is 4.00. The summed E-state index contributed by atoms with van der Waals surface area (Å²) in [6.07, 6.45) is 0. The average molecular weight is 403 g/mol. The van der Waals surface area contributed by atoms with Crippen molar-refractivity contribution in [2.45, 2.75) is 6.92 Å². The van der Waals surface area contributed by atoms with E-state index >= 15 is 0 Å². The number of anilines is 1. The molecule has 6 heteroatoms. The molecule has 5 nitrogen and oxygen atoms in total. The van der Waals surface area contributed by atoms with Gasteiger partial charge in [0.1, 0.15) is 5.71 Å². The molecular formula is C23H19ClN4O. The van der Waals surface area contributed by atoms with E-state index in [1.165, 1.54) is 4.68 Å². The summed E-state index contributed by atoms with van der Waals surface area (Å²) in [5.41, 5.74) is 7.08. The average Bonchev–Trinajstić information content (AvgIpc) is 3.05. The maximum Gasteiger partial charge on any atom is 0.281 e. The van der Waals surface area contributed by atoms with Gasteiger partial charge in [0.25, 0.3) is 5.56 Å². The number of hydrazone groups is 1. The third-order valence-electron chi connectivity index (χ3n) is 4.51. The first-order valence-electron chi connectivity index (χ1n) is 9.15. The molecule has 0 saturated heterocycles. The van der Waals surface area contributed by atoms with Gasteiger partial charge in [-0.3, -0.25) is 15.3 Å². The third-order valence-corrected chi connectivity index (χ3v) is 4.76. The van der Waals surface area contributed by atoms with Crippen LogP contribution in [0.5, 0.6) is 0 Å². The molecule has 0 bridgehead atoms. The minimum Gasteiger partial charge on any atom is -0.295 e. The number of nitrogens with zero attached hydrogens (tertiary/aromatic N) is 2. The zero-order valence-electron chi connectivity index (χ0n) is 15.8. The van der Waals surface area contributed by atoms with Gasteiger partial charge in [-0.15, -0.1) is 0 Å². The lowest BCUT2D eigenvalue weighted by Gasteiger charge is -2.07.